The average Bonchev–Trinajstić information content (AvgIpc) is 2.92. The van der Waals surface area contributed by atoms with E-state index in [0.29, 0.717) is 0 Å². The van der Waals surface area contributed by atoms with Crippen molar-refractivity contribution in [1.82, 2.24) is 14.9 Å². The summed E-state index contributed by atoms with van der Waals surface area (Å²) in [6.07, 6.45) is 11.9. The highest BCUT2D eigenvalue weighted by molar-refractivity contribution is 7.92. The fourth-order valence-corrected chi connectivity index (χ4v) is 6.09. The van der Waals surface area contributed by atoms with Gasteiger partial charge in [0.05, 0.1) is 23.0 Å². The minimum Gasteiger partial charge on any atom is -0.298 e. The van der Waals surface area contributed by atoms with E-state index >= 15 is 0 Å². The van der Waals surface area contributed by atoms with E-state index in [1.54, 1.807) is 12.3 Å². The molecule has 2 heterocycles. The first-order valence-electron chi connectivity index (χ1n) is 14.4. The van der Waals surface area contributed by atoms with E-state index in [1.165, 1.54) is 48.6 Å². The molecule has 0 radical (unpaired) electrons. The molecule has 0 unspecified atom stereocenters. The van der Waals surface area contributed by atoms with Crippen LogP contribution in [0, 0.1) is 0 Å². The number of hydrogen-bond donors (Lipinski definition) is 1. The van der Waals surface area contributed by atoms with Crippen LogP contribution in [0.25, 0.3) is 0 Å². The van der Waals surface area contributed by atoms with Gasteiger partial charge in [0.2, 0.25) is 0 Å². The van der Waals surface area contributed by atoms with Gasteiger partial charge in [-0.2, -0.15) is 0 Å². The largest absolute Gasteiger partial charge is 0.298 e. The lowest BCUT2D eigenvalue weighted by atomic mass is 9.86. The number of rotatable bonds is 12. The molecule has 39 heavy (non-hydrogen) atoms. The second-order valence-corrected chi connectivity index (χ2v) is 13.5. The molecule has 4 rings (SSSR count). The molecule has 0 saturated heterocycles. The topological polar surface area (TPSA) is 75.2 Å². The second-order valence-electron chi connectivity index (χ2n) is 11.8. The molecule has 0 aliphatic carbocycles. The lowest BCUT2D eigenvalue weighted by Gasteiger charge is -2.29. The van der Waals surface area contributed by atoms with Crippen molar-refractivity contribution in [3.63, 3.8) is 0 Å². The molecule has 1 aliphatic heterocycles. The van der Waals surface area contributed by atoms with Crippen molar-refractivity contribution in [3.8, 4) is 0 Å². The van der Waals surface area contributed by atoms with Crippen molar-refractivity contribution >= 4 is 15.8 Å². The molecule has 0 amide bonds. The van der Waals surface area contributed by atoms with Crippen LogP contribution in [0.2, 0.25) is 0 Å². The van der Waals surface area contributed by atoms with Gasteiger partial charge in [0, 0.05) is 19.6 Å². The normalized spacial score (nSPS) is 14.3. The molecule has 1 aromatic heterocycles. The maximum Gasteiger partial charge on any atom is 0.263 e. The Morgan fingerprint density at radius 3 is 2.36 bits per heavy atom. The van der Waals surface area contributed by atoms with E-state index in [4.69, 9.17) is 0 Å². The molecule has 0 fully saturated rings. The highest BCUT2D eigenvalue weighted by atomic mass is 32.2. The Bertz CT molecular complexity index is 1310. The number of fused-ring (bicyclic) bond motifs is 1. The number of aryl methyl sites for hydroxylation is 1. The standard InChI is InChI=1S/C32H44N4O2S/c1-5-6-7-8-9-10-29-22-34-31(23-33-29)35-39(37,38)30-16-13-27-24-36(20-18-26(27)21-30)19-17-25-11-14-28(15-12-25)32(2,3)4/h11-16,21-23H,5-10,17-20,24H2,1-4H3,(H,34,35). The van der Waals surface area contributed by atoms with Crippen molar-refractivity contribution in [2.75, 3.05) is 17.8 Å². The Kier molecular flexibility index (Phi) is 9.78. The molecule has 1 aliphatic rings. The summed E-state index contributed by atoms with van der Waals surface area (Å²) in [5.41, 5.74) is 6.08. The van der Waals surface area contributed by atoms with E-state index < -0.39 is 10.0 Å². The number of anilines is 1. The zero-order valence-electron chi connectivity index (χ0n) is 24.0. The van der Waals surface area contributed by atoms with Gasteiger partial charge < -0.3 is 0 Å². The smallest absolute Gasteiger partial charge is 0.263 e. The summed E-state index contributed by atoms with van der Waals surface area (Å²) in [7, 11) is -3.73. The van der Waals surface area contributed by atoms with Crippen molar-refractivity contribution in [1.29, 1.82) is 0 Å². The Labute approximate surface area is 235 Å². The minimum absolute atomic E-state index is 0.169. The third-order valence-corrected chi connectivity index (χ3v) is 8.95. The van der Waals surface area contributed by atoms with E-state index in [0.717, 1.165) is 56.6 Å². The maximum atomic E-state index is 13.1. The Balaban J connectivity index is 1.30. The van der Waals surface area contributed by atoms with Gasteiger partial charge in [0.25, 0.3) is 10.0 Å². The Morgan fingerprint density at radius 1 is 0.897 bits per heavy atom. The van der Waals surface area contributed by atoms with E-state index in [9.17, 15) is 8.42 Å². The zero-order valence-corrected chi connectivity index (χ0v) is 24.9. The van der Waals surface area contributed by atoms with E-state index in [-0.39, 0.29) is 16.1 Å². The van der Waals surface area contributed by atoms with E-state index in [1.807, 2.05) is 12.1 Å². The predicted octanol–water partition coefficient (Wildman–Crippen LogP) is 6.69. The molecular weight excluding hydrogens is 504 g/mol. The third-order valence-electron chi connectivity index (χ3n) is 7.60. The first-order chi connectivity index (χ1) is 18.6. The van der Waals surface area contributed by atoms with Gasteiger partial charge in [-0.05, 0) is 65.5 Å². The summed E-state index contributed by atoms with van der Waals surface area (Å²) in [6.45, 7) is 11.7. The lowest BCUT2D eigenvalue weighted by molar-refractivity contribution is 0.257. The molecule has 0 saturated carbocycles. The molecule has 0 spiro atoms. The van der Waals surface area contributed by atoms with Crippen LogP contribution < -0.4 is 4.72 Å². The van der Waals surface area contributed by atoms with Crippen molar-refractivity contribution in [2.24, 2.45) is 0 Å². The molecule has 3 aromatic rings. The Hall–Kier alpha value is -2.77. The van der Waals surface area contributed by atoms with Crippen LogP contribution >= 0.6 is 0 Å². The van der Waals surface area contributed by atoms with Crippen molar-refractivity contribution < 1.29 is 8.42 Å². The monoisotopic (exact) mass is 548 g/mol. The number of nitrogens with one attached hydrogen (secondary N) is 1. The van der Waals surface area contributed by atoms with Gasteiger partial charge in [-0.3, -0.25) is 14.6 Å². The van der Waals surface area contributed by atoms with Crippen LogP contribution in [0.3, 0.4) is 0 Å². The van der Waals surface area contributed by atoms with Crippen molar-refractivity contribution in [3.05, 3.63) is 82.8 Å². The van der Waals surface area contributed by atoms with Crippen LogP contribution in [-0.4, -0.2) is 36.4 Å². The van der Waals surface area contributed by atoms with Crippen LogP contribution in [0.15, 0.2) is 59.8 Å². The number of benzene rings is 2. The number of aromatic nitrogens is 2. The first-order valence-corrected chi connectivity index (χ1v) is 15.9. The summed E-state index contributed by atoms with van der Waals surface area (Å²) >= 11 is 0. The second kappa shape index (κ2) is 13.1. The molecule has 210 valence electrons. The van der Waals surface area contributed by atoms with Gasteiger partial charge >= 0.3 is 0 Å². The average molecular weight is 549 g/mol. The van der Waals surface area contributed by atoms with Crippen molar-refractivity contribution in [2.45, 2.75) is 95.9 Å². The predicted molar refractivity (Wildman–Crippen MR) is 160 cm³/mol. The SMILES string of the molecule is CCCCCCCc1cnc(NS(=O)(=O)c2ccc3c(c2)CCN(CCc2ccc(C(C)(C)C)cc2)C3)cn1. The fourth-order valence-electron chi connectivity index (χ4n) is 5.05. The van der Waals surface area contributed by atoms with Gasteiger partial charge in [-0.25, -0.2) is 13.4 Å². The molecule has 7 heteroatoms. The summed E-state index contributed by atoms with van der Waals surface area (Å²) in [4.78, 5) is 11.4. The van der Waals surface area contributed by atoms with Gasteiger partial charge in [0.1, 0.15) is 0 Å². The molecular formula is C32H44N4O2S. The zero-order chi connectivity index (χ0) is 27.9. The fraction of sp³-hybridized carbons (Fsp3) is 0.500. The van der Waals surface area contributed by atoms with Crippen LogP contribution in [0.5, 0.6) is 0 Å². The molecule has 0 atom stereocenters. The van der Waals surface area contributed by atoms with Crippen LogP contribution in [-0.2, 0) is 41.2 Å². The Morgan fingerprint density at radius 2 is 1.67 bits per heavy atom. The molecule has 1 N–H and O–H groups in total. The van der Waals surface area contributed by atoms with Gasteiger partial charge in [0.15, 0.2) is 5.82 Å². The quantitative estimate of drug-likeness (QED) is 0.255. The van der Waals surface area contributed by atoms with Gasteiger partial charge in [-0.1, -0.05) is 83.7 Å². The highest BCUT2D eigenvalue weighted by Crippen LogP contribution is 2.25. The summed E-state index contributed by atoms with van der Waals surface area (Å²) in [6, 6.07) is 14.5. The summed E-state index contributed by atoms with van der Waals surface area (Å²) in [5, 5.41) is 0. The van der Waals surface area contributed by atoms with Crippen LogP contribution in [0.4, 0.5) is 5.82 Å². The summed E-state index contributed by atoms with van der Waals surface area (Å²) < 4.78 is 28.7. The summed E-state index contributed by atoms with van der Waals surface area (Å²) in [5.74, 6) is 0.254. The van der Waals surface area contributed by atoms with E-state index in [2.05, 4.69) is 71.6 Å². The number of unbranched alkanes of at least 4 members (excludes halogenated alkanes) is 4. The number of nitrogens with zero attached hydrogens (tertiary/aromatic N) is 3. The maximum absolute atomic E-state index is 13.1. The minimum atomic E-state index is -3.73. The molecule has 0 bridgehead atoms. The molecule has 2 aromatic carbocycles. The number of sulfonamides is 1. The van der Waals surface area contributed by atoms with Crippen LogP contribution in [0.1, 0.15) is 87.7 Å². The third kappa shape index (κ3) is 8.36. The highest BCUT2D eigenvalue weighted by Gasteiger charge is 2.21. The number of hydrogen-bond acceptors (Lipinski definition) is 5. The molecule has 6 nitrogen and oxygen atoms in total. The first kappa shape index (κ1) is 29.2. The lowest BCUT2D eigenvalue weighted by Crippen LogP contribution is -2.32. The van der Waals surface area contributed by atoms with Gasteiger partial charge in [-0.15, -0.1) is 0 Å².